The van der Waals surface area contributed by atoms with Crippen molar-refractivity contribution in [1.82, 2.24) is 4.90 Å². The van der Waals surface area contributed by atoms with Gasteiger partial charge in [0, 0.05) is 38.5 Å². The lowest BCUT2D eigenvalue weighted by molar-refractivity contribution is 0.141. The normalized spacial score (nSPS) is 18.2. The summed E-state index contributed by atoms with van der Waals surface area (Å²) < 4.78 is 10.9. The predicted octanol–water partition coefficient (Wildman–Crippen LogP) is 2.74. The molecule has 1 aliphatic rings. The predicted molar refractivity (Wildman–Crippen MR) is 78.3 cm³/mol. The molecule has 0 saturated carbocycles. The number of para-hydroxylation sites is 1. The van der Waals surface area contributed by atoms with E-state index in [0.717, 1.165) is 45.0 Å². The number of benzene rings is 1. The summed E-state index contributed by atoms with van der Waals surface area (Å²) in [7, 11) is 1.74. The van der Waals surface area contributed by atoms with E-state index in [0.29, 0.717) is 11.8 Å². The van der Waals surface area contributed by atoms with Crippen LogP contribution in [0.3, 0.4) is 0 Å². The van der Waals surface area contributed by atoms with Crippen molar-refractivity contribution in [3.8, 4) is 5.75 Å². The van der Waals surface area contributed by atoms with E-state index in [4.69, 9.17) is 21.1 Å². The topological polar surface area (TPSA) is 21.7 Å². The second-order valence-electron chi connectivity index (χ2n) is 4.85. The second-order valence-corrected chi connectivity index (χ2v) is 5.23. The fourth-order valence-corrected chi connectivity index (χ4v) is 2.79. The van der Waals surface area contributed by atoms with E-state index in [1.165, 1.54) is 5.56 Å². The van der Waals surface area contributed by atoms with Gasteiger partial charge in [-0.05, 0) is 18.1 Å². The summed E-state index contributed by atoms with van der Waals surface area (Å²) in [5, 5.41) is 0. The second kappa shape index (κ2) is 7.73. The van der Waals surface area contributed by atoms with Crippen LogP contribution in [0.25, 0.3) is 0 Å². The lowest BCUT2D eigenvalue weighted by atomic mass is 9.92. The zero-order valence-corrected chi connectivity index (χ0v) is 12.2. The number of fused-ring (bicyclic) bond motifs is 1. The van der Waals surface area contributed by atoms with Crippen LogP contribution in [0.4, 0.5) is 0 Å². The fourth-order valence-electron chi connectivity index (χ4n) is 2.55. The van der Waals surface area contributed by atoms with Crippen LogP contribution in [-0.4, -0.2) is 50.7 Å². The van der Waals surface area contributed by atoms with Gasteiger partial charge in [0.05, 0.1) is 13.2 Å². The van der Waals surface area contributed by atoms with Crippen molar-refractivity contribution in [2.75, 3.05) is 45.8 Å². The molecule has 0 amide bonds. The molecule has 0 aliphatic carbocycles. The van der Waals surface area contributed by atoms with Gasteiger partial charge in [0.25, 0.3) is 0 Å². The highest BCUT2D eigenvalue weighted by Crippen LogP contribution is 2.33. The van der Waals surface area contributed by atoms with Crippen LogP contribution in [-0.2, 0) is 4.74 Å². The molecule has 0 saturated heterocycles. The average molecular weight is 284 g/mol. The lowest BCUT2D eigenvalue weighted by Gasteiger charge is -2.31. The summed E-state index contributed by atoms with van der Waals surface area (Å²) in [4.78, 5) is 2.38. The molecule has 4 heteroatoms. The first-order valence-corrected chi connectivity index (χ1v) is 7.37. The highest BCUT2D eigenvalue weighted by Gasteiger charge is 2.22. The number of hydrogen-bond donors (Lipinski definition) is 0. The van der Waals surface area contributed by atoms with Crippen molar-refractivity contribution in [2.45, 2.75) is 12.3 Å². The van der Waals surface area contributed by atoms with Crippen molar-refractivity contribution < 1.29 is 9.47 Å². The number of halogens is 1. The Labute approximate surface area is 120 Å². The molecule has 2 rings (SSSR count). The van der Waals surface area contributed by atoms with E-state index >= 15 is 0 Å². The molecule has 1 aliphatic heterocycles. The monoisotopic (exact) mass is 283 g/mol. The maximum absolute atomic E-state index is 5.89. The summed E-state index contributed by atoms with van der Waals surface area (Å²) in [6.45, 7) is 4.42. The van der Waals surface area contributed by atoms with Crippen LogP contribution >= 0.6 is 11.6 Å². The van der Waals surface area contributed by atoms with E-state index in [1.807, 2.05) is 6.07 Å². The molecule has 0 radical (unpaired) electrons. The van der Waals surface area contributed by atoms with Crippen LogP contribution in [0.15, 0.2) is 24.3 Å². The number of alkyl halides is 1. The quantitative estimate of drug-likeness (QED) is 0.718. The molecular weight excluding hydrogens is 262 g/mol. The van der Waals surface area contributed by atoms with Crippen LogP contribution in [0, 0.1) is 0 Å². The van der Waals surface area contributed by atoms with Gasteiger partial charge in [0.1, 0.15) is 5.75 Å². The SMILES string of the molecule is COCCN(CCCl)CC1CCOc2ccccc21. The first-order valence-electron chi connectivity index (χ1n) is 6.84. The van der Waals surface area contributed by atoms with Gasteiger partial charge < -0.3 is 9.47 Å². The summed E-state index contributed by atoms with van der Waals surface area (Å²) >= 11 is 5.89. The minimum atomic E-state index is 0.532. The fraction of sp³-hybridized carbons (Fsp3) is 0.600. The first-order chi connectivity index (χ1) is 9.35. The highest BCUT2D eigenvalue weighted by molar-refractivity contribution is 6.18. The van der Waals surface area contributed by atoms with E-state index in [1.54, 1.807) is 7.11 Å². The van der Waals surface area contributed by atoms with Crippen LogP contribution in [0.1, 0.15) is 17.9 Å². The number of methoxy groups -OCH3 is 1. The van der Waals surface area contributed by atoms with Gasteiger partial charge in [-0.2, -0.15) is 0 Å². The van der Waals surface area contributed by atoms with Crippen LogP contribution in [0.2, 0.25) is 0 Å². The Morgan fingerprint density at radius 3 is 3.00 bits per heavy atom. The molecular formula is C15H22ClNO2. The summed E-state index contributed by atoms with van der Waals surface area (Å²) in [6, 6.07) is 8.35. The number of ether oxygens (including phenoxy) is 2. The van der Waals surface area contributed by atoms with Gasteiger partial charge in [-0.15, -0.1) is 11.6 Å². The van der Waals surface area contributed by atoms with Gasteiger partial charge in [0.2, 0.25) is 0 Å². The molecule has 1 atom stereocenters. The van der Waals surface area contributed by atoms with Crippen LogP contribution < -0.4 is 4.74 Å². The summed E-state index contributed by atoms with van der Waals surface area (Å²) in [5.74, 6) is 2.23. The third kappa shape index (κ3) is 4.10. The van der Waals surface area contributed by atoms with E-state index in [9.17, 15) is 0 Å². The number of hydrogen-bond acceptors (Lipinski definition) is 3. The minimum Gasteiger partial charge on any atom is -0.493 e. The molecule has 106 valence electrons. The molecule has 1 heterocycles. The standard InChI is InChI=1S/C15H22ClNO2/c1-18-11-9-17(8-7-16)12-13-6-10-19-15-5-3-2-4-14(13)15/h2-5,13H,6-12H2,1H3. The van der Waals surface area contributed by atoms with Crippen molar-refractivity contribution in [3.05, 3.63) is 29.8 Å². The Bertz CT molecular complexity index is 386. The summed E-state index contributed by atoms with van der Waals surface area (Å²) in [5.41, 5.74) is 1.32. The largest absolute Gasteiger partial charge is 0.493 e. The van der Waals surface area contributed by atoms with Crippen molar-refractivity contribution >= 4 is 11.6 Å². The van der Waals surface area contributed by atoms with Crippen LogP contribution in [0.5, 0.6) is 5.75 Å². The molecule has 0 bridgehead atoms. The lowest BCUT2D eigenvalue weighted by Crippen LogP contribution is -2.34. The third-order valence-corrected chi connectivity index (χ3v) is 3.74. The van der Waals surface area contributed by atoms with Crippen molar-refractivity contribution in [1.29, 1.82) is 0 Å². The number of rotatable bonds is 7. The van der Waals surface area contributed by atoms with Gasteiger partial charge in [-0.3, -0.25) is 4.90 Å². The molecule has 0 spiro atoms. The third-order valence-electron chi connectivity index (χ3n) is 3.57. The Kier molecular flexibility index (Phi) is 5.95. The van der Waals surface area contributed by atoms with Crippen molar-refractivity contribution in [2.24, 2.45) is 0 Å². The van der Waals surface area contributed by atoms with Gasteiger partial charge in [-0.1, -0.05) is 18.2 Å². The van der Waals surface area contributed by atoms with Crippen molar-refractivity contribution in [3.63, 3.8) is 0 Å². The molecule has 0 fully saturated rings. The maximum atomic E-state index is 5.89. The molecule has 1 aromatic rings. The van der Waals surface area contributed by atoms with E-state index in [2.05, 4.69) is 23.1 Å². The van der Waals surface area contributed by atoms with Gasteiger partial charge in [-0.25, -0.2) is 0 Å². The number of nitrogens with zero attached hydrogens (tertiary/aromatic N) is 1. The molecule has 1 unspecified atom stereocenters. The maximum Gasteiger partial charge on any atom is 0.122 e. The zero-order chi connectivity index (χ0) is 13.5. The first kappa shape index (κ1) is 14.6. The summed E-state index contributed by atoms with van der Waals surface area (Å²) in [6.07, 6.45) is 1.07. The molecule has 0 aromatic heterocycles. The van der Waals surface area contributed by atoms with E-state index in [-0.39, 0.29) is 0 Å². The Morgan fingerprint density at radius 1 is 1.37 bits per heavy atom. The smallest absolute Gasteiger partial charge is 0.122 e. The Hall–Kier alpha value is -0.770. The van der Waals surface area contributed by atoms with E-state index < -0.39 is 0 Å². The Morgan fingerprint density at radius 2 is 2.21 bits per heavy atom. The minimum absolute atomic E-state index is 0.532. The van der Waals surface area contributed by atoms with Gasteiger partial charge >= 0.3 is 0 Å². The molecule has 3 nitrogen and oxygen atoms in total. The highest BCUT2D eigenvalue weighted by atomic mass is 35.5. The molecule has 1 aromatic carbocycles. The zero-order valence-electron chi connectivity index (χ0n) is 11.5. The average Bonchev–Trinajstić information content (AvgIpc) is 2.45. The van der Waals surface area contributed by atoms with Gasteiger partial charge in [0.15, 0.2) is 0 Å². The molecule has 19 heavy (non-hydrogen) atoms. The Balaban J connectivity index is 2.01. The molecule has 0 N–H and O–H groups in total.